The normalized spacial score (nSPS) is 32.5. The van der Waals surface area contributed by atoms with E-state index in [1.54, 1.807) is 0 Å². The second-order valence-corrected chi connectivity index (χ2v) is 2.72. The molecule has 0 saturated carbocycles. The minimum Gasteiger partial charge on any atom is -0.384 e. The van der Waals surface area contributed by atoms with Crippen molar-refractivity contribution in [3.63, 3.8) is 0 Å². The van der Waals surface area contributed by atoms with Crippen molar-refractivity contribution in [3.05, 3.63) is 23.8 Å². The highest BCUT2D eigenvalue weighted by atomic mass is 16.5. The summed E-state index contributed by atoms with van der Waals surface area (Å²) >= 11 is 0. The van der Waals surface area contributed by atoms with Crippen LogP contribution in [-0.2, 0) is 14.3 Å². The Morgan fingerprint density at radius 3 is 2.77 bits per heavy atom. The third kappa shape index (κ3) is 1.46. The molecule has 4 heteroatoms. The molecule has 4 nitrogen and oxygen atoms in total. The van der Waals surface area contributed by atoms with Crippen molar-refractivity contribution < 1.29 is 19.4 Å². The van der Waals surface area contributed by atoms with Gasteiger partial charge in [0.2, 0.25) is 0 Å². The molecule has 0 saturated heterocycles. The molecule has 0 radical (unpaired) electrons. The number of ether oxygens (including phenoxy) is 1. The molecule has 1 aliphatic carbocycles. The lowest BCUT2D eigenvalue weighted by Crippen LogP contribution is -2.46. The van der Waals surface area contributed by atoms with Crippen LogP contribution in [-0.4, -0.2) is 36.5 Å². The van der Waals surface area contributed by atoms with Crippen LogP contribution in [0.4, 0.5) is 0 Å². The zero-order chi connectivity index (χ0) is 9.90. The summed E-state index contributed by atoms with van der Waals surface area (Å²) in [5.74, 6) is 0. The lowest BCUT2D eigenvalue weighted by Gasteiger charge is -2.30. The van der Waals surface area contributed by atoms with Crippen molar-refractivity contribution in [2.75, 3.05) is 7.11 Å². The Kier molecular flexibility index (Phi) is 2.75. The summed E-state index contributed by atoms with van der Waals surface area (Å²) in [4.78, 5) is 21.2. The first-order chi connectivity index (χ1) is 6.20. The number of aldehydes is 2. The van der Waals surface area contributed by atoms with Crippen LogP contribution in [0.3, 0.4) is 0 Å². The second-order valence-electron chi connectivity index (χ2n) is 2.72. The van der Waals surface area contributed by atoms with Gasteiger partial charge in [0, 0.05) is 12.7 Å². The quantitative estimate of drug-likeness (QED) is 0.605. The van der Waals surface area contributed by atoms with Gasteiger partial charge in [0.05, 0.1) is 0 Å². The summed E-state index contributed by atoms with van der Waals surface area (Å²) in [6.07, 6.45) is 4.12. The van der Waals surface area contributed by atoms with E-state index in [1.165, 1.54) is 25.3 Å². The fraction of sp³-hybridized carbons (Fsp3) is 0.333. The zero-order valence-electron chi connectivity index (χ0n) is 7.14. The summed E-state index contributed by atoms with van der Waals surface area (Å²) in [5, 5.41) is 9.57. The molecule has 0 fully saturated rings. The summed E-state index contributed by atoms with van der Waals surface area (Å²) in [7, 11) is 1.30. The van der Waals surface area contributed by atoms with Gasteiger partial charge in [-0.05, 0) is 6.08 Å². The highest BCUT2D eigenvalue weighted by Gasteiger charge is 2.39. The van der Waals surface area contributed by atoms with Crippen LogP contribution in [0.25, 0.3) is 0 Å². The van der Waals surface area contributed by atoms with Crippen LogP contribution in [0.15, 0.2) is 23.8 Å². The van der Waals surface area contributed by atoms with Crippen molar-refractivity contribution in [3.8, 4) is 0 Å². The molecule has 0 spiro atoms. The number of carbonyl (C=O) groups is 2. The molecule has 0 heterocycles. The predicted molar refractivity (Wildman–Crippen MR) is 45.1 cm³/mol. The highest BCUT2D eigenvalue weighted by molar-refractivity contribution is 5.81. The Hall–Kier alpha value is -1.26. The Labute approximate surface area is 75.5 Å². The van der Waals surface area contributed by atoms with E-state index in [1.807, 2.05) is 0 Å². The maximum Gasteiger partial charge on any atom is 0.171 e. The van der Waals surface area contributed by atoms with Crippen molar-refractivity contribution in [2.24, 2.45) is 0 Å². The maximum absolute atomic E-state index is 10.7. The molecule has 0 bridgehead atoms. The van der Waals surface area contributed by atoms with E-state index in [9.17, 15) is 14.7 Å². The third-order valence-electron chi connectivity index (χ3n) is 2.06. The van der Waals surface area contributed by atoms with Crippen molar-refractivity contribution in [1.82, 2.24) is 0 Å². The number of aliphatic hydroxyl groups excluding tert-OH is 1. The number of rotatable bonds is 3. The van der Waals surface area contributed by atoms with Crippen molar-refractivity contribution in [2.45, 2.75) is 11.7 Å². The van der Waals surface area contributed by atoms with E-state index in [0.29, 0.717) is 12.6 Å². The monoisotopic (exact) mass is 182 g/mol. The van der Waals surface area contributed by atoms with Crippen LogP contribution in [0, 0.1) is 0 Å². The molecule has 0 amide bonds. The van der Waals surface area contributed by atoms with E-state index in [4.69, 9.17) is 4.74 Å². The van der Waals surface area contributed by atoms with E-state index in [0.717, 1.165) is 0 Å². The van der Waals surface area contributed by atoms with E-state index < -0.39 is 11.7 Å². The number of hydrogen-bond donors (Lipinski definition) is 1. The minimum absolute atomic E-state index is 0.136. The van der Waals surface area contributed by atoms with Crippen molar-refractivity contribution in [1.29, 1.82) is 0 Å². The van der Waals surface area contributed by atoms with Gasteiger partial charge in [0.15, 0.2) is 11.9 Å². The summed E-state index contributed by atoms with van der Waals surface area (Å²) < 4.78 is 4.87. The fourth-order valence-electron chi connectivity index (χ4n) is 1.19. The lowest BCUT2D eigenvalue weighted by atomic mass is 9.88. The van der Waals surface area contributed by atoms with Gasteiger partial charge < -0.3 is 9.84 Å². The number of allylic oxidation sites excluding steroid dienone is 2. The predicted octanol–water partition coefficient (Wildman–Crippen LogP) is -0.374. The summed E-state index contributed by atoms with van der Waals surface area (Å²) in [6, 6.07) is 0. The Bertz CT molecular complexity index is 279. The Morgan fingerprint density at radius 2 is 2.31 bits per heavy atom. The summed E-state index contributed by atoms with van der Waals surface area (Å²) in [5.41, 5.74) is -1.28. The second kappa shape index (κ2) is 3.64. The third-order valence-corrected chi connectivity index (χ3v) is 2.06. The molecule has 1 N–H and O–H groups in total. The maximum atomic E-state index is 10.7. The molecule has 0 aliphatic heterocycles. The van der Waals surface area contributed by atoms with Gasteiger partial charge in [0.1, 0.15) is 12.4 Å². The van der Waals surface area contributed by atoms with Gasteiger partial charge in [-0.1, -0.05) is 12.2 Å². The van der Waals surface area contributed by atoms with E-state index in [-0.39, 0.29) is 5.57 Å². The van der Waals surface area contributed by atoms with Gasteiger partial charge in [-0.2, -0.15) is 0 Å². The van der Waals surface area contributed by atoms with E-state index in [2.05, 4.69) is 0 Å². The first-order valence-electron chi connectivity index (χ1n) is 3.74. The van der Waals surface area contributed by atoms with Gasteiger partial charge in [-0.3, -0.25) is 9.59 Å². The lowest BCUT2D eigenvalue weighted by molar-refractivity contribution is -0.132. The van der Waals surface area contributed by atoms with Crippen LogP contribution >= 0.6 is 0 Å². The number of hydrogen-bond acceptors (Lipinski definition) is 4. The number of carbonyl (C=O) groups excluding carboxylic acids is 2. The average molecular weight is 182 g/mol. The molecular weight excluding hydrogens is 172 g/mol. The standard InChI is InChI=1S/C9H10O4/c1-13-9(6-11)4-2-3-7(5-10)8(9)12/h2-6,8,12H,1H3. The molecule has 0 aromatic heterocycles. The zero-order valence-corrected chi connectivity index (χ0v) is 7.14. The van der Waals surface area contributed by atoms with E-state index >= 15 is 0 Å². The molecule has 70 valence electrons. The van der Waals surface area contributed by atoms with Crippen LogP contribution < -0.4 is 0 Å². The molecule has 1 rings (SSSR count). The molecule has 13 heavy (non-hydrogen) atoms. The minimum atomic E-state index is -1.41. The summed E-state index contributed by atoms with van der Waals surface area (Å²) in [6.45, 7) is 0. The molecule has 0 aromatic rings. The average Bonchev–Trinajstić information content (AvgIpc) is 2.19. The highest BCUT2D eigenvalue weighted by Crippen LogP contribution is 2.23. The Morgan fingerprint density at radius 1 is 1.62 bits per heavy atom. The number of aliphatic hydroxyl groups is 1. The van der Waals surface area contributed by atoms with Crippen LogP contribution in [0.2, 0.25) is 0 Å². The van der Waals surface area contributed by atoms with Crippen LogP contribution in [0.1, 0.15) is 0 Å². The molecular formula is C9H10O4. The molecule has 1 aliphatic rings. The fourth-order valence-corrected chi connectivity index (χ4v) is 1.19. The molecule has 2 unspecified atom stereocenters. The Balaban J connectivity index is 3.05. The van der Waals surface area contributed by atoms with Crippen LogP contribution in [0.5, 0.6) is 0 Å². The van der Waals surface area contributed by atoms with Gasteiger partial charge >= 0.3 is 0 Å². The van der Waals surface area contributed by atoms with Gasteiger partial charge in [-0.15, -0.1) is 0 Å². The smallest absolute Gasteiger partial charge is 0.171 e. The molecule has 2 atom stereocenters. The first-order valence-corrected chi connectivity index (χ1v) is 3.74. The van der Waals surface area contributed by atoms with Gasteiger partial charge in [0.25, 0.3) is 0 Å². The molecule has 0 aromatic carbocycles. The topological polar surface area (TPSA) is 63.6 Å². The SMILES string of the molecule is COC1(C=O)C=CC=C(C=O)C1O. The van der Waals surface area contributed by atoms with Gasteiger partial charge in [-0.25, -0.2) is 0 Å². The number of methoxy groups -OCH3 is 1. The van der Waals surface area contributed by atoms with Crippen molar-refractivity contribution >= 4 is 12.6 Å². The first kappa shape index (κ1) is 9.83. The largest absolute Gasteiger partial charge is 0.384 e.